The second kappa shape index (κ2) is 4.78. The summed E-state index contributed by atoms with van der Waals surface area (Å²) in [6, 6.07) is 3.29. The number of benzene rings is 1. The third-order valence-electron chi connectivity index (χ3n) is 1.52. The van der Waals surface area contributed by atoms with Gasteiger partial charge in [0.1, 0.15) is 10.6 Å². The van der Waals surface area contributed by atoms with Gasteiger partial charge in [0, 0.05) is 7.11 Å². The molecular weight excluding hydrogens is 247 g/mol. The first kappa shape index (κ1) is 12.2. The summed E-state index contributed by atoms with van der Waals surface area (Å²) in [5.41, 5.74) is 0. The van der Waals surface area contributed by atoms with E-state index in [4.69, 9.17) is 16.3 Å². The molecule has 0 aliphatic heterocycles. The Morgan fingerprint density at radius 1 is 1.47 bits per heavy atom. The zero-order valence-corrected chi connectivity index (χ0v) is 9.31. The number of hydrogen-bond acceptors (Lipinski definition) is 4. The summed E-state index contributed by atoms with van der Waals surface area (Å²) >= 11 is 5.66. The number of methoxy groups -OCH3 is 1. The van der Waals surface area contributed by atoms with Gasteiger partial charge in [-0.15, -0.1) is 3.89 Å². The lowest BCUT2D eigenvalue weighted by Gasteiger charge is -2.06. The van der Waals surface area contributed by atoms with Crippen molar-refractivity contribution in [1.82, 2.24) is 0 Å². The molecule has 0 spiro atoms. The molecule has 0 atom stereocenters. The van der Waals surface area contributed by atoms with Gasteiger partial charge >= 0.3 is 10.2 Å². The molecular formula is C8H8ClFO4S. The van der Waals surface area contributed by atoms with Gasteiger partial charge in [0.25, 0.3) is 0 Å². The summed E-state index contributed by atoms with van der Waals surface area (Å²) in [7, 11) is -3.31. The third kappa shape index (κ3) is 3.33. The Morgan fingerprint density at radius 3 is 2.60 bits per heavy atom. The molecule has 0 bridgehead atoms. The molecule has 15 heavy (non-hydrogen) atoms. The minimum Gasteiger partial charge on any atom is -0.466 e. The molecule has 1 rings (SSSR count). The molecule has 7 heteroatoms. The fourth-order valence-corrected chi connectivity index (χ4v) is 1.66. The van der Waals surface area contributed by atoms with Gasteiger partial charge in [-0.3, -0.25) is 0 Å². The highest BCUT2D eigenvalue weighted by atomic mass is 35.5. The van der Waals surface area contributed by atoms with Crippen LogP contribution in [-0.4, -0.2) is 22.3 Å². The molecule has 0 radical (unpaired) electrons. The Morgan fingerprint density at radius 2 is 2.13 bits per heavy atom. The van der Waals surface area contributed by atoms with E-state index in [9.17, 15) is 12.3 Å². The molecule has 1 aromatic carbocycles. The largest absolute Gasteiger partial charge is 0.466 e. The van der Waals surface area contributed by atoms with Crippen molar-refractivity contribution >= 4 is 21.8 Å². The van der Waals surface area contributed by atoms with Crippen LogP contribution in [0.25, 0.3) is 0 Å². The maximum Gasteiger partial charge on any atom is 0.332 e. The molecule has 0 N–H and O–H groups in total. The molecule has 1 aromatic rings. The van der Waals surface area contributed by atoms with Crippen molar-refractivity contribution in [3.8, 4) is 5.75 Å². The minimum atomic E-state index is -4.73. The Balaban J connectivity index is 2.99. The summed E-state index contributed by atoms with van der Waals surface area (Å²) in [5.74, 6) is 0.228. The molecule has 0 heterocycles. The highest BCUT2D eigenvalue weighted by Gasteiger charge is 2.14. The van der Waals surface area contributed by atoms with Crippen LogP contribution < -0.4 is 4.74 Å². The number of hydrogen-bond donors (Lipinski definition) is 0. The smallest absolute Gasteiger partial charge is 0.332 e. The fourth-order valence-electron chi connectivity index (χ4n) is 0.873. The first-order valence-corrected chi connectivity index (χ1v) is 5.57. The number of halogens is 2. The van der Waals surface area contributed by atoms with E-state index in [1.165, 1.54) is 13.2 Å². The van der Waals surface area contributed by atoms with Crippen molar-refractivity contribution in [2.75, 3.05) is 13.9 Å². The maximum absolute atomic E-state index is 12.5. The molecule has 0 aliphatic rings. The Bertz CT molecular complexity index is 446. The van der Waals surface area contributed by atoms with Crippen LogP contribution in [-0.2, 0) is 15.0 Å². The molecule has 0 amide bonds. The van der Waals surface area contributed by atoms with Crippen LogP contribution in [0.5, 0.6) is 5.75 Å². The molecule has 0 aromatic heterocycles. The van der Waals surface area contributed by atoms with Crippen LogP contribution in [0.2, 0.25) is 5.02 Å². The Kier molecular flexibility index (Phi) is 3.90. The molecule has 84 valence electrons. The van der Waals surface area contributed by atoms with Crippen LogP contribution in [0.4, 0.5) is 3.89 Å². The van der Waals surface area contributed by atoms with Gasteiger partial charge in [-0.05, 0) is 18.2 Å². The predicted molar refractivity (Wildman–Crippen MR) is 52.2 cm³/mol. The fraction of sp³-hybridized carbons (Fsp3) is 0.250. The minimum absolute atomic E-state index is 0.00535. The van der Waals surface area contributed by atoms with Crippen molar-refractivity contribution < 1.29 is 21.8 Å². The van der Waals surface area contributed by atoms with Crippen molar-refractivity contribution in [3.05, 3.63) is 23.2 Å². The first-order valence-electron chi connectivity index (χ1n) is 3.81. The van der Waals surface area contributed by atoms with Crippen LogP contribution in [0.1, 0.15) is 0 Å². The van der Waals surface area contributed by atoms with Crippen molar-refractivity contribution in [3.63, 3.8) is 0 Å². The quantitative estimate of drug-likeness (QED) is 0.609. The van der Waals surface area contributed by atoms with Crippen molar-refractivity contribution in [1.29, 1.82) is 0 Å². The number of ether oxygens (including phenoxy) is 2. The van der Waals surface area contributed by atoms with Gasteiger partial charge in [-0.2, -0.15) is 8.42 Å². The third-order valence-corrected chi connectivity index (χ3v) is 2.63. The lowest BCUT2D eigenvalue weighted by molar-refractivity contribution is 0.0511. The summed E-state index contributed by atoms with van der Waals surface area (Å²) in [5, 5.41) is 0.00535. The van der Waals surface area contributed by atoms with E-state index in [0.29, 0.717) is 0 Å². The standard InChI is InChI=1S/C8H8ClFO4S/c1-13-5-14-8-3-2-6(4-7(8)9)15(10,11)12/h2-4H,5H2,1H3. The zero-order chi connectivity index (χ0) is 11.5. The average Bonchev–Trinajstić information content (AvgIpc) is 2.14. The predicted octanol–water partition coefficient (Wildman–Crippen LogP) is 1.98. The SMILES string of the molecule is COCOc1ccc(S(=O)(=O)F)cc1Cl. The topological polar surface area (TPSA) is 52.6 Å². The van der Waals surface area contributed by atoms with E-state index < -0.39 is 15.1 Å². The van der Waals surface area contributed by atoms with Gasteiger partial charge < -0.3 is 9.47 Å². The molecule has 0 saturated carbocycles. The zero-order valence-electron chi connectivity index (χ0n) is 7.74. The van der Waals surface area contributed by atoms with E-state index in [-0.39, 0.29) is 17.6 Å². The molecule has 4 nitrogen and oxygen atoms in total. The van der Waals surface area contributed by atoms with E-state index in [1.807, 2.05) is 0 Å². The van der Waals surface area contributed by atoms with Crippen LogP contribution >= 0.6 is 11.6 Å². The van der Waals surface area contributed by atoms with E-state index in [2.05, 4.69) is 4.74 Å². The lowest BCUT2D eigenvalue weighted by atomic mass is 10.3. The highest BCUT2D eigenvalue weighted by molar-refractivity contribution is 7.86. The Labute approximate surface area is 91.8 Å². The first-order chi connectivity index (χ1) is 6.95. The highest BCUT2D eigenvalue weighted by Crippen LogP contribution is 2.27. The van der Waals surface area contributed by atoms with Gasteiger partial charge in [0.05, 0.1) is 5.02 Å². The van der Waals surface area contributed by atoms with Crippen LogP contribution in [0.15, 0.2) is 23.1 Å². The molecule has 0 fully saturated rings. The average molecular weight is 255 g/mol. The Hall–Kier alpha value is -0.850. The van der Waals surface area contributed by atoms with E-state index >= 15 is 0 Å². The van der Waals surface area contributed by atoms with Gasteiger partial charge in [0.15, 0.2) is 6.79 Å². The van der Waals surface area contributed by atoms with E-state index in [0.717, 1.165) is 12.1 Å². The summed E-state index contributed by atoms with van der Waals surface area (Å²) in [6.45, 7) is -0.0263. The maximum atomic E-state index is 12.5. The van der Waals surface area contributed by atoms with E-state index in [1.54, 1.807) is 0 Å². The second-order valence-electron chi connectivity index (χ2n) is 2.58. The monoisotopic (exact) mass is 254 g/mol. The molecule has 0 saturated heterocycles. The summed E-state index contributed by atoms with van der Waals surface area (Å²) in [4.78, 5) is -0.503. The molecule has 0 aliphatic carbocycles. The second-order valence-corrected chi connectivity index (χ2v) is 4.34. The van der Waals surface area contributed by atoms with Crippen molar-refractivity contribution in [2.24, 2.45) is 0 Å². The lowest BCUT2D eigenvalue weighted by Crippen LogP contribution is -2.00. The molecule has 0 unspecified atom stereocenters. The number of rotatable bonds is 4. The van der Waals surface area contributed by atoms with Gasteiger partial charge in [-0.1, -0.05) is 11.6 Å². The van der Waals surface area contributed by atoms with Crippen LogP contribution in [0.3, 0.4) is 0 Å². The van der Waals surface area contributed by atoms with Crippen LogP contribution in [0, 0.1) is 0 Å². The normalized spacial score (nSPS) is 11.4. The van der Waals surface area contributed by atoms with Gasteiger partial charge in [0.2, 0.25) is 0 Å². The van der Waals surface area contributed by atoms with Crippen molar-refractivity contribution in [2.45, 2.75) is 4.90 Å². The summed E-state index contributed by atoms with van der Waals surface area (Å²) < 4.78 is 43.2. The summed E-state index contributed by atoms with van der Waals surface area (Å²) in [6.07, 6.45) is 0. The van der Waals surface area contributed by atoms with Gasteiger partial charge in [-0.25, -0.2) is 0 Å².